The molecule has 1 amide bonds. The summed E-state index contributed by atoms with van der Waals surface area (Å²) in [6.45, 7) is 0. The summed E-state index contributed by atoms with van der Waals surface area (Å²) in [6, 6.07) is 36.3. The van der Waals surface area contributed by atoms with Gasteiger partial charge in [0.2, 0.25) is 5.91 Å². The normalized spacial score (nSPS) is 11.2. The monoisotopic (exact) mass is 612 g/mol. The number of thioether (sulfide) groups is 1. The number of ether oxygens (including phenoxy) is 1. The fraction of sp³-hybridized carbons (Fsp3) is 0.111. The minimum atomic E-state index is -0.230. The molecule has 0 bridgehead atoms. The van der Waals surface area contributed by atoms with Gasteiger partial charge in [0.25, 0.3) is 0 Å². The van der Waals surface area contributed by atoms with E-state index in [9.17, 15) is 4.79 Å². The number of carbonyl (C=O) groups is 1. The summed E-state index contributed by atoms with van der Waals surface area (Å²) in [5.41, 5.74) is 10.4. The number of rotatable bonds is 10. The number of hydrazone groups is 1. The van der Waals surface area contributed by atoms with Gasteiger partial charge in [-0.1, -0.05) is 84.6 Å². The molecule has 4 aromatic carbocycles. The zero-order valence-corrected chi connectivity index (χ0v) is 26.0. The second-order valence-electron chi connectivity index (χ2n) is 10.4. The van der Waals surface area contributed by atoms with Crippen LogP contribution in [0.15, 0.2) is 126 Å². The Hall–Kier alpha value is -5.41. The van der Waals surface area contributed by atoms with Gasteiger partial charge in [-0.25, -0.2) is 15.4 Å². The van der Waals surface area contributed by atoms with E-state index < -0.39 is 0 Å². The highest BCUT2D eigenvalue weighted by Crippen LogP contribution is 2.44. The predicted octanol–water partition coefficient (Wildman–Crippen LogP) is 7.07. The lowest BCUT2D eigenvalue weighted by Crippen LogP contribution is -2.19. The van der Waals surface area contributed by atoms with E-state index in [0.717, 1.165) is 56.1 Å². The number of amides is 1. The number of anilines is 1. The number of methoxy groups -OCH3 is 1. The smallest absolute Gasteiger partial charge is 0.250 e. The van der Waals surface area contributed by atoms with Gasteiger partial charge >= 0.3 is 0 Å². The Morgan fingerprint density at radius 1 is 0.889 bits per heavy atom. The maximum Gasteiger partial charge on any atom is 0.250 e. The van der Waals surface area contributed by atoms with Crippen molar-refractivity contribution in [1.29, 1.82) is 0 Å². The lowest BCUT2D eigenvalue weighted by atomic mass is 9.99. The van der Waals surface area contributed by atoms with Crippen molar-refractivity contribution in [1.82, 2.24) is 20.0 Å². The second kappa shape index (κ2) is 13.5. The largest absolute Gasteiger partial charge is 0.497 e. The predicted molar refractivity (Wildman–Crippen MR) is 184 cm³/mol. The number of fused-ring (bicyclic) bond motifs is 1. The molecular formula is C36H32N6O2S. The van der Waals surface area contributed by atoms with Crippen molar-refractivity contribution in [3.8, 4) is 33.8 Å². The lowest BCUT2D eigenvalue weighted by molar-refractivity contribution is -0.118. The summed E-state index contributed by atoms with van der Waals surface area (Å²) < 4.78 is 7.59. The number of benzene rings is 4. The van der Waals surface area contributed by atoms with Crippen LogP contribution in [0, 0.1) is 0 Å². The Labute approximate surface area is 266 Å². The highest BCUT2D eigenvalue weighted by atomic mass is 32.2. The summed E-state index contributed by atoms with van der Waals surface area (Å²) >= 11 is 1.36. The molecule has 0 aliphatic rings. The Bertz CT molecular complexity index is 1940. The Kier molecular flexibility index (Phi) is 8.89. The SMILES string of the molecule is COc1ccc(-n2c(-c3ccccc3)c(-c3ccccc3)c3c(SCC(=O)N/N=C\c4ccc(N(C)C)cc4)ncnc32)cc1. The number of hydrogen-bond donors (Lipinski definition) is 1. The van der Waals surface area contributed by atoms with E-state index in [1.807, 2.05) is 104 Å². The zero-order valence-electron chi connectivity index (χ0n) is 25.2. The van der Waals surface area contributed by atoms with Crippen LogP contribution in [0.3, 0.4) is 0 Å². The Balaban J connectivity index is 1.39. The van der Waals surface area contributed by atoms with E-state index in [0.29, 0.717) is 5.03 Å². The van der Waals surface area contributed by atoms with Crippen molar-refractivity contribution in [2.75, 3.05) is 31.9 Å². The summed E-state index contributed by atoms with van der Waals surface area (Å²) in [7, 11) is 5.64. The van der Waals surface area contributed by atoms with Crippen molar-refractivity contribution in [2.24, 2.45) is 5.10 Å². The lowest BCUT2D eigenvalue weighted by Gasteiger charge is -2.13. The van der Waals surface area contributed by atoms with Crippen LogP contribution >= 0.6 is 11.8 Å². The maximum atomic E-state index is 12.9. The standard InChI is InChI=1S/C36H32N6O2S/c1-41(2)28-16-14-25(15-17-28)22-39-40-31(43)23-45-36-33-32(26-10-6-4-7-11-26)34(27-12-8-5-9-13-27)42(35(33)37-24-38-36)29-18-20-30(44-3)21-19-29/h4-22,24H,23H2,1-3H3,(H,40,43)/b39-22-. The van der Waals surface area contributed by atoms with Crippen LogP contribution in [0.25, 0.3) is 39.1 Å². The maximum absolute atomic E-state index is 12.9. The first-order valence-electron chi connectivity index (χ1n) is 14.4. The first-order chi connectivity index (χ1) is 22.0. The number of hydrogen-bond acceptors (Lipinski definition) is 7. The van der Waals surface area contributed by atoms with E-state index >= 15 is 0 Å². The van der Waals surface area contributed by atoms with Crippen LogP contribution in [-0.4, -0.2) is 53.6 Å². The van der Waals surface area contributed by atoms with E-state index in [2.05, 4.69) is 44.3 Å². The molecule has 0 fully saturated rings. The van der Waals surface area contributed by atoms with Gasteiger partial charge in [0.05, 0.1) is 30.2 Å². The van der Waals surface area contributed by atoms with Crippen LogP contribution < -0.4 is 15.1 Å². The summed E-state index contributed by atoms with van der Waals surface area (Å²) in [6.07, 6.45) is 3.20. The minimum absolute atomic E-state index is 0.131. The van der Waals surface area contributed by atoms with Crippen molar-refractivity contribution < 1.29 is 9.53 Å². The van der Waals surface area contributed by atoms with E-state index in [4.69, 9.17) is 9.72 Å². The number of nitrogens with one attached hydrogen (secondary N) is 1. The average molecular weight is 613 g/mol. The van der Waals surface area contributed by atoms with Crippen LogP contribution in [0.5, 0.6) is 5.75 Å². The van der Waals surface area contributed by atoms with Crippen molar-refractivity contribution >= 4 is 40.6 Å². The molecule has 6 aromatic rings. The van der Waals surface area contributed by atoms with Gasteiger partial charge in [-0.3, -0.25) is 9.36 Å². The van der Waals surface area contributed by atoms with Crippen LogP contribution in [-0.2, 0) is 4.79 Å². The van der Waals surface area contributed by atoms with Crippen molar-refractivity contribution in [3.05, 3.63) is 121 Å². The van der Waals surface area contributed by atoms with Gasteiger partial charge < -0.3 is 9.64 Å². The first kappa shape index (κ1) is 29.7. The molecule has 0 spiro atoms. The molecule has 8 nitrogen and oxygen atoms in total. The molecule has 6 rings (SSSR count). The van der Waals surface area contributed by atoms with Gasteiger partial charge in [0, 0.05) is 31.0 Å². The molecule has 2 aromatic heterocycles. The van der Waals surface area contributed by atoms with Gasteiger partial charge in [0.15, 0.2) is 0 Å². The van der Waals surface area contributed by atoms with Gasteiger partial charge in [0.1, 0.15) is 22.7 Å². The second-order valence-corrected chi connectivity index (χ2v) is 11.4. The average Bonchev–Trinajstić information content (AvgIpc) is 3.44. The Morgan fingerprint density at radius 3 is 2.20 bits per heavy atom. The first-order valence-corrected chi connectivity index (χ1v) is 15.4. The topological polar surface area (TPSA) is 84.6 Å². The highest BCUT2D eigenvalue weighted by Gasteiger charge is 2.25. The molecule has 0 radical (unpaired) electrons. The van der Waals surface area contributed by atoms with Gasteiger partial charge in [-0.2, -0.15) is 5.10 Å². The van der Waals surface area contributed by atoms with Crippen LogP contribution in [0.4, 0.5) is 5.69 Å². The molecule has 1 N–H and O–H groups in total. The molecule has 0 aliphatic heterocycles. The number of carbonyl (C=O) groups excluding carboxylic acids is 1. The Morgan fingerprint density at radius 2 is 1.56 bits per heavy atom. The molecular weight excluding hydrogens is 581 g/mol. The third-order valence-electron chi connectivity index (χ3n) is 7.31. The zero-order chi connectivity index (χ0) is 31.2. The minimum Gasteiger partial charge on any atom is -0.497 e. The highest BCUT2D eigenvalue weighted by molar-refractivity contribution is 8.00. The summed E-state index contributed by atoms with van der Waals surface area (Å²) in [5, 5.41) is 5.75. The van der Waals surface area contributed by atoms with E-state index in [1.165, 1.54) is 11.8 Å². The summed E-state index contributed by atoms with van der Waals surface area (Å²) in [4.78, 5) is 24.4. The third-order valence-corrected chi connectivity index (χ3v) is 8.30. The van der Waals surface area contributed by atoms with Crippen LogP contribution in [0.1, 0.15) is 5.56 Å². The molecule has 224 valence electrons. The molecule has 0 saturated heterocycles. The molecule has 0 aliphatic carbocycles. The number of aromatic nitrogens is 3. The molecule has 2 heterocycles. The fourth-order valence-electron chi connectivity index (χ4n) is 5.14. The van der Waals surface area contributed by atoms with Crippen LogP contribution in [0.2, 0.25) is 0 Å². The molecule has 45 heavy (non-hydrogen) atoms. The number of nitrogens with zero attached hydrogens (tertiary/aromatic N) is 5. The fourth-order valence-corrected chi connectivity index (χ4v) is 5.93. The van der Waals surface area contributed by atoms with E-state index in [1.54, 1.807) is 19.7 Å². The van der Waals surface area contributed by atoms with Gasteiger partial charge in [-0.15, -0.1) is 0 Å². The van der Waals surface area contributed by atoms with Gasteiger partial charge in [-0.05, 0) is 53.1 Å². The summed E-state index contributed by atoms with van der Waals surface area (Å²) in [5.74, 6) is 0.669. The van der Waals surface area contributed by atoms with E-state index in [-0.39, 0.29) is 11.7 Å². The quantitative estimate of drug-likeness (QED) is 0.0771. The molecule has 9 heteroatoms. The molecule has 0 saturated carbocycles. The van der Waals surface area contributed by atoms with Crippen molar-refractivity contribution in [3.63, 3.8) is 0 Å². The molecule has 0 unspecified atom stereocenters. The van der Waals surface area contributed by atoms with Crippen molar-refractivity contribution in [2.45, 2.75) is 5.03 Å². The third kappa shape index (κ3) is 6.44. The molecule has 0 atom stereocenters.